The zero-order valence-electron chi connectivity index (χ0n) is 18.5. The lowest BCUT2D eigenvalue weighted by molar-refractivity contribution is -0.141. The normalized spacial score (nSPS) is 14.3. The quantitative estimate of drug-likeness (QED) is 0.143. The highest BCUT2D eigenvalue weighted by atomic mass is 32.1. The van der Waals surface area contributed by atoms with Gasteiger partial charge in [0.15, 0.2) is 0 Å². The van der Waals surface area contributed by atoms with Gasteiger partial charge in [0.2, 0.25) is 17.7 Å². The standard InChI is InChI=1S/C21H28N6O6S2/c22-14(6-12-7-23-10-24-12)18(29)25-15(5-11-1-3-13(28)4-2-11)19(30)26-16(8-34)20(31)27-17(9-35)21(32)33/h1-4,7,10,14-17,28,34-35H,5-6,8-9,22H2,(H,23,24)(H,25,29)(H,26,30)(H,27,31)(H,32,33). The highest BCUT2D eigenvalue weighted by Gasteiger charge is 2.29. The van der Waals surface area contributed by atoms with Crippen LogP contribution in [-0.4, -0.2) is 79.5 Å². The zero-order valence-corrected chi connectivity index (χ0v) is 20.3. The van der Waals surface area contributed by atoms with E-state index in [0.717, 1.165) is 0 Å². The van der Waals surface area contributed by atoms with Gasteiger partial charge in [0.1, 0.15) is 23.9 Å². The van der Waals surface area contributed by atoms with E-state index >= 15 is 0 Å². The molecule has 4 atom stereocenters. The number of aliphatic carboxylic acids is 1. The molecule has 1 aromatic carbocycles. The monoisotopic (exact) mass is 524 g/mol. The van der Waals surface area contributed by atoms with Gasteiger partial charge in [0.05, 0.1) is 12.4 Å². The first-order valence-electron chi connectivity index (χ1n) is 10.5. The van der Waals surface area contributed by atoms with Crippen LogP contribution in [0.3, 0.4) is 0 Å². The predicted octanol–water partition coefficient (Wildman–Crippen LogP) is -1.37. The lowest BCUT2D eigenvalue weighted by atomic mass is 10.0. The Kier molecular flexibility index (Phi) is 10.9. The van der Waals surface area contributed by atoms with Gasteiger partial charge < -0.3 is 36.9 Å². The van der Waals surface area contributed by atoms with Gasteiger partial charge in [-0.3, -0.25) is 14.4 Å². The molecule has 1 heterocycles. The van der Waals surface area contributed by atoms with Crippen molar-refractivity contribution in [3.63, 3.8) is 0 Å². The Bertz CT molecular complexity index is 1000. The van der Waals surface area contributed by atoms with Crippen molar-refractivity contribution in [3.8, 4) is 5.75 Å². The third kappa shape index (κ3) is 8.81. The fourth-order valence-electron chi connectivity index (χ4n) is 3.01. The van der Waals surface area contributed by atoms with Gasteiger partial charge in [-0.05, 0) is 17.7 Å². The fraction of sp³-hybridized carbons (Fsp3) is 0.381. The van der Waals surface area contributed by atoms with E-state index in [-0.39, 0.29) is 30.1 Å². The van der Waals surface area contributed by atoms with E-state index in [9.17, 15) is 24.3 Å². The smallest absolute Gasteiger partial charge is 0.327 e. The van der Waals surface area contributed by atoms with Gasteiger partial charge in [0, 0.05) is 36.2 Å². The highest BCUT2D eigenvalue weighted by molar-refractivity contribution is 7.80. The molecule has 14 heteroatoms. The highest BCUT2D eigenvalue weighted by Crippen LogP contribution is 2.12. The van der Waals surface area contributed by atoms with E-state index in [4.69, 9.17) is 10.8 Å². The van der Waals surface area contributed by atoms with Crippen LogP contribution >= 0.6 is 25.3 Å². The van der Waals surface area contributed by atoms with Crippen molar-refractivity contribution in [2.45, 2.75) is 37.0 Å². The number of carboxylic acid groups (broad SMARTS) is 1. The van der Waals surface area contributed by atoms with E-state index in [1.807, 2.05) is 0 Å². The zero-order chi connectivity index (χ0) is 26.0. The summed E-state index contributed by atoms with van der Waals surface area (Å²) in [6.45, 7) is 0. The number of hydrogen-bond donors (Lipinski definition) is 9. The number of thiol groups is 2. The van der Waals surface area contributed by atoms with Crippen molar-refractivity contribution in [3.05, 3.63) is 48.0 Å². The van der Waals surface area contributed by atoms with Gasteiger partial charge in [-0.1, -0.05) is 12.1 Å². The first kappa shape index (κ1) is 28.0. The SMILES string of the molecule is NC(Cc1cnc[nH]1)C(=O)NC(Cc1ccc(O)cc1)C(=O)NC(CS)C(=O)NC(CS)C(=O)O. The number of H-pyrrole nitrogens is 1. The molecule has 0 fully saturated rings. The number of nitrogens with zero attached hydrogens (tertiary/aromatic N) is 1. The number of hydrogen-bond acceptors (Lipinski definition) is 9. The first-order chi connectivity index (χ1) is 16.6. The van der Waals surface area contributed by atoms with Crippen LogP contribution < -0.4 is 21.7 Å². The number of aromatic amines is 1. The van der Waals surface area contributed by atoms with Crippen molar-refractivity contribution in [2.24, 2.45) is 5.73 Å². The lowest BCUT2D eigenvalue weighted by Gasteiger charge is -2.24. The van der Waals surface area contributed by atoms with Crippen molar-refractivity contribution in [2.75, 3.05) is 11.5 Å². The number of aromatic hydroxyl groups is 1. The molecule has 190 valence electrons. The number of imidazole rings is 1. The number of carboxylic acids is 1. The summed E-state index contributed by atoms with van der Waals surface area (Å²) in [5.41, 5.74) is 7.24. The van der Waals surface area contributed by atoms with E-state index < -0.39 is 47.9 Å². The molecule has 0 spiro atoms. The molecule has 0 radical (unpaired) electrons. The maximum atomic E-state index is 13.1. The molecule has 0 aliphatic rings. The first-order valence-corrected chi connectivity index (χ1v) is 11.8. The molecule has 2 rings (SSSR count). The largest absolute Gasteiger partial charge is 0.508 e. The maximum Gasteiger partial charge on any atom is 0.327 e. The summed E-state index contributed by atoms with van der Waals surface area (Å²) < 4.78 is 0. The van der Waals surface area contributed by atoms with Crippen LogP contribution in [0, 0.1) is 0 Å². The van der Waals surface area contributed by atoms with Crippen LogP contribution in [0.4, 0.5) is 0 Å². The van der Waals surface area contributed by atoms with Gasteiger partial charge in [-0.2, -0.15) is 25.3 Å². The minimum atomic E-state index is -1.28. The van der Waals surface area contributed by atoms with Crippen molar-refractivity contribution >= 4 is 48.9 Å². The molecule has 2 aromatic rings. The number of nitrogens with two attached hydrogens (primary N) is 1. The second kappa shape index (κ2) is 13.6. The van der Waals surface area contributed by atoms with E-state index in [2.05, 4.69) is 51.2 Å². The molecule has 4 unspecified atom stereocenters. The van der Waals surface area contributed by atoms with Crippen LogP contribution in [0.5, 0.6) is 5.75 Å². The number of nitrogens with one attached hydrogen (secondary N) is 4. The number of aromatic nitrogens is 2. The Morgan fingerprint density at radius 2 is 1.49 bits per heavy atom. The molecule has 8 N–H and O–H groups in total. The molecule has 0 aliphatic heterocycles. The lowest BCUT2D eigenvalue weighted by Crippen LogP contribution is -2.58. The van der Waals surface area contributed by atoms with E-state index in [1.54, 1.807) is 12.1 Å². The second-order valence-electron chi connectivity index (χ2n) is 7.64. The van der Waals surface area contributed by atoms with Crippen molar-refractivity contribution in [1.29, 1.82) is 0 Å². The number of carbonyl (C=O) groups excluding carboxylic acids is 3. The Morgan fingerprint density at radius 3 is 2.03 bits per heavy atom. The average molecular weight is 525 g/mol. The van der Waals surface area contributed by atoms with Crippen LogP contribution in [0.1, 0.15) is 11.3 Å². The molecule has 0 saturated heterocycles. The van der Waals surface area contributed by atoms with Gasteiger partial charge in [-0.15, -0.1) is 0 Å². The summed E-state index contributed by atoms with van der Waals surface area (Å²) in [7, 11) is 0. The third-order valence-corrected chi connectivity index (χ3v) is 5.68. The van der Waals surface area contributed by atoms with Crippen molar-refractivity contribution < 1.29 is 29.4 Å². The summed E-state index contributed by atoms with van der Waals surface area (Å²) >= 11 is 7.97. The number of benzene rings is 1. The number of phenolic OH excluding ortho intramolecular Hbond substituents is 1. The van der Waals surface area contributed by atoms with Gasteiger partial charge in [-0.25, -0.2) is 9.78 Å². The summed E-state index contributed by atoms with van der Waals surface area (Å²) in [6.07, 6.45) is 3.16. The molecule has 3 amide bonds. The molecule has 0 bridgehead atoms. The Labute approximate surface area is 212 Å². The van der Waals surface area contributed by atoms with Gasteiger partial charge >= 0.3 is 5.97 Å². The summed E-state index contributed by atoms with van der Waals surface area (Å²) in [5, 5.41) is 26.0. The average Bonchev–Trinajstić information content (AvgIpc) is 3.34. The van der Waals surface area contributed by atoms with Gasteiger partial charge in [0.25, 0.3) is 0 Å². The van der Waals surface area contributed by atoms with E-state index in [1.165, 1.54) is 24.7 Å². The topological polar surface area (TPSA) is 200 Å². The minimum Gasteiger partial charge on any atom is -0.508 e. The van der Waals surface area contributed by atoms with Crippen molar-refractivity contribution in [1.82, 2.24) is 25.9 Å². The number of carbonyl (C=O) groups is 4. The predicted molar refractivity (Wildman–Crippen MR) is 133 cm³/mol. The molecule has 12 nitrogen and oxygen atoms in total. The maximum absolute atomic E-state index is 13.1. The molecule has 0 aliphatic carbocycles. The van der Waals surface area contributed by atoms with Crippen LogP contribution in [0.25, 0.3) is 0 Å². The summed E-state index contributed by atoms with van der Waals surface area (Å²) in [5.74, 6) is -3.60. The number of rotatable bonds is 13. The number of phenols is 1. The van der Waals surface area contributed by atoms with Crippen LogP contribution in [-0.2, 0) is 32.0 Å². The minimum absolute atomic E-state index is 0.0317. The Balaban J connectivity index is 2.14. The molecule has 1 aromatic heterocycles. The third-order valence-electron chi connectivity index (χ3n) is 4.95. The Morgan fingerprint density at radius 1 is 0.914 bits per heavy atom. The van der Waals surface area contributed by atoms with Crippen LogP contribution in [0.15, 0.2) is 36.8 Å². The second-order valence-corrected chi connectivity index (χ2v) is 8.38. The molecular formula is C21H28N6O6S2. The fourth-order valence-corrected chi connectivity index (χ4v) is 3.51. The molecule has 35 heavy (non-hydrogen) atoms. The molecule has 0 saturated carbocycles. The summed E-state index contributed by atoms with van der Waals surface area (Å²) in [6, 6.07) is 1.49. The molecular weight excluding hydrogens is 496 g/mol. The summed E-state index contributed by atoms with van der Waals surface area (Å²) in [4.78, 5) is 56.2. The number of amides is 3. The van der Waals surface area contributed by atoms with E-state index in [0.29, 0.717) is 11.3 Å². The van der Waals surface area contributed by atoms with Crippen LogP contribution in [0.2, 0.25) is 0 Å². The Hall–Kier alpha value is -3.23.